The molecule has 1 aliphatic heterocycles. The summed E-state index contributed by atoms with van der Waals surface area (Å²) in [5, 5.41) is 3.10. The third-order valence-electron chi connectivity index (χ3n) is 5.41. The number of nitrogens with one attached hydrogen (secondary N) is 1. The van der Waals surface area contributed by atoms with Crippen molar-refractivity contribution in [3.8, 4) is 0 Å². The Bertz CT molecular complexity index is 888. The first kappa shape index (κ1) is 18.5. The molecule has 4 nitrogen and oxygen atoms in total. The second-order valence-corrected chi connectivity index (χ2v) is 7.35. The summed E-state index contributed by atoms with van der Waals surface area (Å²) >= 11 is 0. The van der Waals surface area contributed by atoms with Gasteiger partial charge in [-0.1, -0.05) is 60.7 Å². The number of hydrogen-bond donors (Lipinski definition) is 1. The lowest BCUT2D eigenvalue weighted by atomic mass is 10.00. The minimum atomic E-state index is 0.106. The van der Waals surface area contributed by atoms with Crippen LogP contribution in [0, 0.1) is 0 Å². The molecule has 1 amide bonds. The Hall–Kier alpha value is -2.85. The number of aryl methyl sites for hydroxylation is 1. The van der Waals surface area contributed by atoms with Crippen LogP contribution in [-0.4, -0.2) is 35.0 Å². The van der Waals surface area contributed by atoms with Crippen molar-refractivity contribution in [3.63, 3.8) is 0 Å². The van der Waals surface area contributed by atoms with Gasteiger partial charge in [-0.2, -0.15) is 0 Å². The number of hydrogen-bond acceptors (Lipinski definition) is 2. The SMILES string of the molecule is O=C(CN1CCn2cccc2C1c1ccccc1)NCCCc1ccccc1. The van der Waals surface area contributed by atoms with Crippen molar-refractivity contribution >= 4 is 5.91 Å². The minimum Gasteiger partial charge on any atom is -0.355 e. The highest BCUT2D eigenvalue weighted by Gasteiger charge is 2.29. The summed E-state index contributed by atoms with van der Waals surface area (Å²) in [6.45, 7) is 2.94. The Balaban J connectivity index is 1.35. The molecule has 1 atom stereocenters. The third kappa shape index (κ3) is 4.34. The molecule has 2 aromatic carbocycles. The van der Waals surface area contributed by atoms with Crippen LogP contribution in [-0.2, 0) is 17.8 Å². The van der Waals surface area contributed by atoms with Crippen LogP contribution in [0.1, 0.15) is 29.3 Å². The number of nitrogens with zero attached hydrogens (tertiary/aromatic N) is 2. The molecular weight excluding hydrogens is 346 g/mol. The van der Waals surface area contributed by atoms with Gasteiger partial charge in [0.1, 0.15) is 0 Å². The highest BCUT2D eigenvalue weighted by atomic mass is 16.2. The van der Waals surface area contributed by atoms with E-state index in [1.165, 1.54) is 16.8 Å². The molecule has 2 heterocycles. The number of rotatable bonds is 7. The fourth-order valence-corrected chi connectivity index (χ4v) is 4.02. The Morgan fingerprint density at radius 1 is 0.929 bits per heavy atom. The van der Waals surface area contributed by atoms with Crippen molar-refractivity contribution in [2.45, 2.75) is 25.4 Å². The molecule has 4 rings (SSSR count). The zero-order valence-electron chi connectivity index (χ0n) is 16.1. The summed E-state index contributed by atoms with van der Waals surface area (Å²) in [4.78, 5) is 14.9. The van der Waals surface area contributed by atoms with Crippen molar-refractivity contribution in [3.05, 3.63) is 95.8 Å². The van der Waals surface area contributed by atoms with E-state index in [9.17, 15) is 4.79 Å². The van der Waals surface area contributed by atoms with Gasteiger partial charge in [0.25, 0.3) is 0 Å². The van der Waals surface area contributed by atoms with E-state index < -0.39 is 0 Å². The van der Waals surface area contributed by atoms with E-state index in [2.05, 4.69) is 81.6 Å². The van der Waals surface area contributed by atoms with Crippen LogP contribution in [0.15, 0.2) is 79.0 Å². The summed E-state index contributed by atoms with van der Waals surface area (Å²) in [6.07, 6.45) is 4.08. The Morgan fingerprint density at radius 2 is 1.68 bits per heavy atom. The van der Waals surface area contributed by atoms with E-state index in [-0.39, 0.29) is 11.9 Å². The summed E-state index contributed by atoms with van der Waals surface area (Å²) < 4.78 is 2.30. The first-order chi connectivity index (χ1) is 13.8. The van der Waals surface area contributed by atoms with Crippen molar-refractivity contribution < 1.29 is 4.79 Å². The second kappa shape index (κ2) is 8.89. The quantitative estimate of drug-likeness (QED) is 0.642. The zero-order valence-corrected chi connectivity index (χ0v) is 16.1. The topological polar surface area (TPSA) is 37.3 Å². The summed E-state index contributed by atoms with van der Waals surface area (Å²) in [7, 11) is 0. The fraction of sp³-hybridized carbons (Fsp3) is 0.292. The summed E-state index contributed by atoms with van der Waals surface area (Å²) in [5.74, 6) is 0.106. The molecule has 1 aliphatic rings. The molecule has 144 valence electrons. The Labute approximate surface area is 166 Å². The maximum absolute atomic E-state index is 12.6. The van der Waals surface area contributed by atoms with E-state index in [4.69, 9.17) is 0 Å². The first-order valence-electron chi connectivity index (χ1n) is 10.1. The van der Waals surface area contributed by atoms with Gasteiger partial charge in [-0.15, -0.1) is 0 Å². The van der Waals surface area contributed by atoms with Crippen LogP contribution in [0.3, 0.4) is 0 Å². The molecule has 0 saturated carbocycles. The van der Waals surface area contributed by atoms with Crippen LogP contribution in [0.4, 0.5) is 0 Å². The molecular formula is C24H27N3O. The molecule has 0 fully saturated rings. The van der Waals surface area contributed by atoms with Crippen LogP contribution >= 0.6 is 0 Å². The van der Waals surface area contributed by atoms with Gasteiger partial charge in [-0.25, -0.2) is 0 Å². The fourth-order valence-electron chi connectivity index (χ4n) is 4.02. The lowest BCUT2D eigenvalue weighted by Gasteiger charge is -2.36. The van der Waals surface area contributed by atoms with Gasteiger partial charge in [0.05, 0.1) is 12.6 Å². The average molecular weight is 374 g/mol. The molecule has 1 unspecified atom stereocenters. The van der Waals surface area contributed by atoms with Crippen molar-refractivity contribution in [2.75, 3.05) is 19.6 Å². The standard InChI is InChI=1S/C24H27N3O/c28-23(25-15-7-11-20-9-3-1-4-10-20)19-27-18-17-26-16-8-14-22(26)24(27)21-12-5-2-6-13-21/h1-6,8-10,12-14,16,24H,7,11,15,17-19H2,(H,25,28). The maximum Gasteiger partial charge on any atom is 0.234 e. The molecule has 0 saturated heterocycles. The van der Waals surface area contributed by atoms with Crippen LogP contribution in [0.2, 0.25) is 0 Å². The molecule has 0 radical (unpaired) electrons. The average Bonchev–Trinajstić information content (AvgIpc) is 3.21. The van der Waals surface area contributed by atoms with Gasteiger partial charge in [0, 0.05) is 31.5 Å². The number of carbonyl (C=O) groups is 1. The summed E-state index contributed by atoms with van der Waals surface area (Å²) in [5.41, 5.74) is 3.81. The van der Waals surface area contributed by atoms with E-state index in [1.807, 2.05) is 12.1 Å². The molecule has 4 heteroatoms. The van der Waals surface area contributed by atoms with E-state index >= 15 is 0 Å². The Morgan fingerprint density at radius 3 is 2.46 bits per heavy atom. The van der Waals surface area contributed by atoms with Gasteiger partial charge in [0.15, 0.2) is 0 Å². The smallest absolute Gasteiger partial charge is 0.234 e. The molecule has 1 N–H and O–H groups in total. The van der Waals surface area contributed by atoms with Crippen LogP contribution < -0.4 is 5.32 Å². The Kier molecular flexibility index (Phi) is 5.88. The molecule has 28 heavy (non-hydrogen) atoms. The van der Waals surface area contributed by atoms with E-state index in [0.717, 1.165) is 25.9 Å². The van der Waals surface area contributed by atoms with Crippen molar-refractivity contribution in [1.82, 2.24) is 14.8 Å². The van der Waals surface area contributed by atoms with Gasteiger partial charge in [-0.05, 0) is 36.1 Å². The number of fused-ring (bicyclic) bond motifs is 1. The lowest BCUT2D eigenvalue weighted by molar-refractivity contribution is -0.122. The number of benzene rings is 2. The van der Waals surface area contributed by atoms with E-state index in [0.29, 0.717) is 13.1 Å². The number of carbonyl (C=O) groups excluding carboxylic acids is 1. The molecule has 3 aromatic rings. The van der Waals surface area contributed by atoms with E-state index in [1.54, 1.807) is 0 Å². The monoisotopic (exact) mass is 373 g/mol. The van der Waals surface area contributed by atoms with Crippen LogP contribution in [0.25, 0.3) is 0 Å². The van der Waals surface area contributed by atoms with Crippen molar-refractivity contribution in [2.24, 2.45) is 0 Å². The van der Waals surface area contributed by atoms with Crippen molar-refractivity contribution in [1.29, 1.82) is 0 Å². The molecule has 0 spiro atoms. The van der Waals surface area contributed by atoms with Gasteiger partial charge < -0.3 is 9.88 Å². The van der Waals surface area contributed by atoms with Crippen LogP contribution in [0.5, 0.6) is 0 Å². The van der Waals surface area contributed by atoms with Gasteiger partial charge in [-0.3, -0.25) is 9.69 Å². The predicted octanol–water partition coefficient (Wildman–Crippen LogP) is 3.64. The second-order valence-electron chi connectivity index (χ2n) is 7.35. The minimum absolute atomic E-state index is 0.106. The highest BCUT2D eigenvalue weighted by Crippen LogP contribution is 2.31. The first-order valence-corrected chi connectivity index (χ1v) is 10.1. The largest absolute Gasteiger partial charge is 0.355 e. The molecule has 1 aromatic heterocycles. The predicted molar refractivity (Wildman–Crippen MR) is 112 cm³/mol. The molecule has 0 bridgehead atoms. The van der Waals surface area contributed by atoms with Gasteiger partial charge in [0.2, 0.25) is 5.91 Å². The molecule has 0 aliphatic carbocycles. The zero-order chi connectivity index (χ0) is 19.2. The maximum atomic E-state index is 12.6. The number of amides is 1. The normalized spacial score (nSPS) is 16.5. The van der Waals surface area contributed by atoms with Gasteiger partial charge >= 0.3 is 0 Å². The lowest BCUT2D eigenvalue weighted by Crippen LogP contribution is -2.44. The highest BCUT2D eigenvalue weighted by molar-refractivity contribution is 5.78. The summed E-state index contributed by atoms with van der Waals surface area (Å²) in [6, 6.07) is 25.3. The third-order valence-corrected chi connectivity index (χ3v) is 5.41. The number of aromatic nitrogens is 1.